The van der Waals surface area contributed by atoms with Crippen LogP contribution in [0.25, 0.3) is 0 Å². The number of aromatic nitrogens is 2. The summed E-state index contributed by atoms with van der Waals surface area (Å²) < 4.78 is 1.56. The summed E-state index contributed by atoms with van der Waals surface area (Å²) in [5, 5.41) is 10.7. The van der Waals surface area contributed by atoms with Gasteiger partial charge < -0.3 is 5.11 Å². The van der Waals surface area contributed by atoms with Crippen LogP contribution in [0, 0.1) is 4.77 Å². The van der Waals surface area contributed by atoms with E-state index >= 15 is 0 Å². The molecule has 7 heteroatoms. The van der Waals surface area contributed by atoms with Crippen LogP contribution in [0.3, 0.4) is 0 Å². The first-order valence-electron chi connectivity index (χ1n) is 8.45. The lowest BCUT2D eigenvalue weighted by Crippen LogP contribution is -2.23. The van der Waals surface area contributed by atoms with Gasteiger partial charge >= 0.3 is 0 Å². The van der Waals surface area contributed by atoms with Crippen LogP contribution >= 0.6 is 24.0 Å². The summed E-state index contributed by atoms with van der Waals surface area (Å²) >= 11 is 6.79. The Balaban J connectivity index is 1.92. The molecule has 0 saturated heterocycles. The summed E-state index contributed by atoms with van der Waals surface area (Å²) in [5.74, 6) is -0.168. The second-order valence-corrected chi connectivity index (χ2v) is 7.90. The van der Waals surface area contributed by atoms with Gasteiger partial charge in [-0.15, -0.1) is 11.8 Å². The van der Waals surface area contributed by atoms with Crippen LogP contribution in [0.5, 0.6) is 5.88 Å². The van der Waals surface area contributed by atoms with Crippen molar-refractivity contribution in [2.45, 2.75) is 16.6 Å². The van der Waals surface area contributed by atoms with E-state index in [9.17, 15) is 9.90 Å². The van der Waals surface area contributed by atoms with Gasteiger partial charge in [0.05, 0.1) is 11.4 Å². The molecule has 1 aromatic heterocycles. The minimum absolute atomic E-state index is 0.0703. The van der Waals surface area contributed by atoms with Crippen molar-refractivity contribution in [3.63, 3.8) is 0 Å². The van der Waals surface area contributed by atoms with Gasteiger partial charge in [-0.3, -0.25) is 19.3 Å². The molecule has 2 aromatic carbocycles. The first kappa shape index (κ1) is 17.8. The average Bonchev–Trinajstić information content (AvgIpc) is 2.86. The van der Waals surface area contributed by atoms with Gasteiger partial charge in [-0.25, -0.2) is 0 Å². The Morgan fingerprint density at radius 2 is 1.89 bits per heavy atom. The first-order chi connectivity index (χ1) is 13.0. The topological polar surface area (TPSA) is 70.4 Å². The standard InChI is InChI=1S/C20H17N3O2S2/c1-23-19(25)17(18(24)22-20(23)26)14-11-16(12-7-3-2-4-8-12)27-15-10-6-5-9-13(15)21-14/h2-10,16,25H,11H2,1H3,(H,22,24,26)/t16-/m0/s1. The molecule has 136 valence electrons. The van der Waals surface area contributed by atoms with E-state index in [2.05, 4.69) is 17.1 Å². The van der Waals surface area contributed by atoms with Crippen molar-refractivity contribution in [3.8, 4) is 5.88 Å². The van der Waals surface area contributed by atoms with E-state index in [1.165, 1.54) is 4.57 Å². The first-order valence-corrected chi connectivity index (χ1v) is 9.74. The van der Waals surface area contributed by atoms with Gasteiger partial charge in [0.25, 0.3) is 5.56 Å². The number of aliphatic imine (C=N–C) groups is 1. The molecule has 27 heavy (non-hydrogen) atoms. The number of hydrogen-bond donors (Lipinski definition) is 2. The second-order valence-electron chi connectivity index (χ2n) is 6.26. The maximum atomic E-state index is 12.6. The van der Waals surface area contributed by atoms with Gasteiger partial charge in [0.15, 0.2) is 4.77 Å². The van der Waals surface area contributed by atoms with Crippen molar-refractivity contribution < 1.29 is 5.11 Å². The lowest BCUT2D eigenvalue weighted by molar-refractivity contribution is 0.419. The van der Waals surface area contributed by atoms with Crippen molar-refractivity contribution in [1.82, 2.24) is 9.55 Å². The minimum atomic E-state index is -0.425. The minimum Gasteiger partial charge on any atom is -0.494 e. The third kappa shape index (κ3) is 3.36. The van der Waals surface area contributed by atoms with Crippen LogP contribution in [0.2, 0.25) is 0 Å². The molecule has 0 amide bonds. The van der Waals surface area contributed by atoms with Gasteiger partial charge in [0.1, 0.15) is 5.56 Å². The number of para-hydroxylation sites is 1. The molecule has 0 unspecified atom stereocenters. The highest BCUT2D eigenvalue weighted by molar-refractivity contribution is 7.99. The van der Waals surface area contributed by atoms with Crippen LogP contribution in [0.4, 0.5) is 5.69 Å². The van der Waals surface area contributed by atoms with Crippen LogP contribution in [0.1, 0.15) is 22.8 Å². The number of aromatic hydroxyl groups is 1. The summed E-state index contributed by atoms with van der Waals surface area (Å²) in [6.07, 6.45) is 0.511. The highest BCUT2D eigenvalue weighted by Crippen LogP contribution is 2.45. The highest BCUT2D eigenvalue weighted by atomic mass is 32.2. The summed E-state index contributed by atoms with van der Waals surface area (Å²) in [4.78, 5) is 21.0. The predicted octanol–water partition coefficient (Wildman–Crippen LogP) is 4.51. The zero-order chi connectivity index (χ0) is 19.0. The molecular formula is C20H17N3O2S2. The Morgan fingerprint density at radius 1 is 1.19 bits per heavy atom. The van der Waals surface area contributed by atoms with Crippen LogP contribution < -0.4 is 5.56 Å². The highest BCUT2D eigenvalue weighted by Gasteiger charge is 2.26. The summed E-state index contributed by atoms with van der Waals surface area (Å²) in [6.45, 7) is 0. The molecule has 2 N–H and O–H groups in total. The van der Waals surface area contributed by atoms with E-state index in [1.807, 2.05) is 42.5 Å². The van der Waals surface area contributed by atoms with Crippen LogP contribution in [-0.2, 0) is 7.05 Å². The second kappa shape index (κ2) is 7.17. The molecule has 0 saturated carbocycles. The van der Waals surface area contributed by atoms with E-state index < -0.39 is 5.56 Å². The van der Waals surface area contributed by atoms with Gasteiger partial charge in [0, 0.05) is 23.6 Å². The van der Waals surface area contributed by atoms with Gasteiger partial charge in [0.2, 0.25) is 5.88 Å². The Labute approximate surface area is 165 Å². The molecule has 5 nitrogen and oxygen atoms in total. The van der Waals surface area contributed by atoms with Crippen molar-refractivity contribution in [1.29, 1.82) is 0 Å². The quantitative estimate of drug-likeness (QED) is 0.627. The third-order valence-electron chi connectivity index (χ3n) is 4.52. The van der Waals surface area contributed by atoms with E-state index in [-0.39, 0.29) is 21.5 Å². The fourth-order valence-electron chi connectivity index (χ4n) is 3.09. The molecule has 1 aliphatic heterocycles. The SMILES string of the molecule is Cn1c(O)c(C2=Nc3ccccc3S[C@H](c3ccccc3)C2)c(=O)[nH]c1=S. The molecule has 4 rings (SSSR count). The molecule has 0 bridgehead atoms. The largest absolute Gasteiger partial charge is 0.494 e. The van der Waals surface area contributed by atoms with E-state index in [4.69, 9.17) is 17.2 Å². The molecule has 0 spiro atoms. The average molecular weight is 396 g/mol. The third-order valence-corrected chi connectivity index (χ3v) is 6.22. The zero-order valence-corrected chi connectivity index (χ0v) is 16.2. The lowest BCUT2D eigenvalue weighted by Gasteiger charge is -2.16. The van der Waals surface area contributed by atoms with Crippen molar-refractivity contribution >= 4 is 35.4 Å². The van der Waals surface area contributed by atoms with E-state index in [0.717, 1.165) is 16.1 Å². The molecule has 3 aromatic rings. The van der Waals surface area contributed by atoms with Gasteiger partial charge in [-0.05, 0) is 29.9 Å². The van der Waals surface area contributed by atoms with Crippen molar-refractivity contribution in [2.75, 3.05) is 0 Å². The Bertz CT molecular complexity index is 1150. The Kier molecular flexibility index (Phi) is 4.72. The molecule has 0 radical (unpaired) electrons. The number of rotatable bonds is 2. The van der Waals surface area contributed by atoms with E-state index in [1.54, 1.807) is 18.8 Å². The number of H-pyrrole nitrogens is 1. The zero-order valence-electron chi connectivity index (χ0n) is 14.5. The summed E-state index contributed by atoms with van der Waals surface area (Å²) in [5.41, 5.74) is 2.23. The number of hydrogen-bond acceptors (Lipinski definition) is 5. The van der Waals surface area contributed by atoms with Gasteiger partial charge in [-0.2, -0.15) is 0 Å². The maximum Gasteiger partial charge on any atom is 0.264 e. The molecule has 2 heterocycles. The fourth-order valence-corrected chi connectivity index (χ4v) is 4.50. The molecule has 0 aliphatic carbocycles. The van der Waals surface area contributed by atoms with Crippen LogP contribution in [0.15, 0.2) is 69.3 Å². The smallest absolute Gasteiger partial charge is 0.264 e. The predicted molar refractivity (Wildman–Crippen MR) is 111 cm³/mol. The monoisotopic (exact) mass is 395 g/mol. The normalized spacial score (nSPS) is 16.3. The lowest BCUT2D eigenvalue weighted by atomic mass is 10.0. The number of nitrogens with one attached hydrogen (secondary N) is 1. The Hall–Kier alpha value is -2.64. The van der Waals surface area contributed by atoms with Crippen LogP contribution in [-0.4, -0.2) is 20.4 Å². The number of thioether (sulfide) groups is 1. The number of aromatic amines is 1. The number of nitrogens with zero attached hydrogens (tertiary/aromatic N) is 2. The number of benzene rings is 2. The van der Waals surface area contributed by atoms with Crippen molar-refractivity contribution in [3.05, 3.63) is 80.8 Å². The summed E-state index contributed by atoms with van der Waals surface area (Å²) in [6, 6.07) is 18.0. The van der Waals surface area contributed by atoms with Gasteiger partial charge in [-0.1, -0.05) is 42.5 Å². The maximum absolute atomic E-state index is 12.6. The molecule has 1 atom stereocenters. The number of fused-ring (bicyclic) bond motifs is 1. The van der Waals surface area contributed by atoms with E-state index in [0.29, 0.717) is 12.1 Å². The molecular weight excluding hydrogens is 378 g/mol. The van der Waals surface area contributed by atoms with Crippen molar-refractivity contribution in [2.24, 2.45) is 12.0 Å². The molecule has 1 aliphatic rings. The molecule has 0 fully saturated rings. The summed E-state index contributed by atoms with van der Waals surface area (Å²) in [7, 11) is 1.62. The fraction of sp³-hybridized carbons (Fsp3) is 0.150. The Morgan fingerprint density at radius 3 is 2.67 bits per heavy atom.